The summed E-state index contributed by atoms with van der Waals surface area (Å²) in [6, 6.07) is 20.1. The van der Waals surface area contributed by atoms with Gasteiger partial charge < -0.3 is 14.4 Å². The van der Waals surface area contributed by atoms with E-state index in [4.69, 9.17) is 4.74 Å². The number of rotatable bonds is 5. The number of hydrogen-bond acceptors (Lipinski definition) is 5. The van der Waals surface area contributed by atoms with Crippen LogP contribution in [-0.4, -0.2) is 24.6 Å². The van der Waals surface area contributed by atoms with Crippen LogP contribution in [0.1, 0.15) is 5.56 Å². The third-order valence-electron chi connectivity index (χ3n) is 4.89. The van der Waals surface area contributed by atoms with Gasteiger partial charge in [-0.15, -0.1) is 0 Å². The maximum absolute atomic E-state index is 10.1. The second-order valence-corrected chi connectivity index (χ2v) is 6.79. The molecular formula is C23H18N4O2. The van der Waals surface area contributed by atoms with E-state index in [9.17, 15) is 5.11 Å². The van der Waals surface area contributed by atoms with Crippen LogP contribution in [0.2, 0.25) is 0 Å². The highest BCUT2D eigenvalue weighted by Crippen LogP contribution is 2.28. The van der Waals surface area contributed by atoms with E-state index >= 15 is 0 Å². The van der Waals surface area contributed by atoms with E-state index in [1.807, 2.05) is 24.3 Å². The van der Waals surface area contributed by atoms with E-state index < -0.39 is 0 Å². The Morgan fingerprint density at radius 2 is 1.86 bits per heavy atom. The standard InChI is InChI=1S/C23H18N4O2/c28-22-19-8-11-24-15-20(19)25-23(26-22)29-18-6-7-21-17(14-18)10-13-27(21)12-9-16-4-2-1-3-5-16/h1-8,10-11,13-15H,9,12H2,(H,25,26,28). The summed E-state index contributed by atoms with van der Waals surface area (Å²) in [4.78, 5) is 12.4. The van der Waals surface area contributed by atoms with E-state index in [0.29, 0.717) is 16.7 Å². The highest BCUT2D eigenvalue weighted by atomic mass is 16.5. The van der Waals surface area contributed by atoms with Crippen molar-refractivity contribution in [3.05, 3.63) is 84.8 Å². The van der Waals surface area contributed by atoms with Gasteiger partial charge in [0.1, 0.15) is 5.75 Å². The Morgan fingerprint density at radius 1 is 0.966 bits per heavy atom. The Labute approximate surface area is 167 Å². The molecule has 3 aromatic heterocycles. The fraction of sp³-hybridized carbons (Fsp3) is 0.0870. The maximum atomic E-state index is 10.1. The van der Waals surface area contributed by atoms with Crippen LogP contribution in [-0.2, 0) is 13.0 Å². The fourth-order valence-corrected chi connectivity index (χ4v) is 3.43. The van der Waals surface area contributed by atoms with Crippen LogP contribution in [0.4, 0.5) is 0 Å². The van der Waals surface area contributed by atoms with Gasteiger partial charge in [-0.25, -0.2) is 0 Å². The Bertz CT molecular complexity index is 1300. The molecule has 0 radical (unpaired) electrons. The summed E-state index contributed by atoms with van der Waals surface area (Å²) >= 11 is 0. The zero-order valence-electron chi connectivity index (χ0n) is 15.6. The molecule has 0 saturated carbocycles. The van der Waals surface area contributed by atoms with Crippen LogP contribution in [0.5, 0.6) is 17.6 Å². The minimum atomic E-state index is -0.124. The number of benzene rings is 2. The smallest absolute Gasteiger partial charge is 0.325 e. The van der Waals surface area contributed by atoms with Gasteiger partial charge >= 0.3 is 6.01 Å². The predicted molar refractivity (Wildman–Crippen MR) is 111 cm³/mol. The van der Waals surface area contributed by atoms with Gasteiger partial charge in [0.25, 0.3) is 0 Å². The fourth-order valence-electron chi connectivity index (χ4n) is 3.43. The quantitative estimate of drug-likeness (QED) is 0.476. The first-order valence-corrected chi connectivity index (χ1v) is 9.38. The molecule has 5 rings (SSSR count). The third-order valence-corrected chi connectivity index (χ3v) is 4.89. The topological polar surface area (TPSA) is 73.1 Å². The highest BCUT2D eigenvalue weighted by Gasteiger charge is 2.10. The summed E-state index contributed by atoms with van der Waals surface area (Å²) in [5.74, 6) is 0.487. The van der Waals surface area contributed by atoms with Crippen molar-refractivity contribution in [2.45, 2.75) is 13.0 Å². The number of hydrogen-bond donors (Lipinski definition) is 1. The predicted octanol–water partition coefficient (Wildman–Crippen LogP) is 4.72. The molecule has 3 heterocycles. The average molecular weight is 382 g/mol. The van der Waals surface area contributed by atoms with Crippen LogP contribution in [0.3, 0.4) is 0 Å². The molecule has 6 heteroatoms. The summed E-state index contributed by atoms with van der Waals surface area (Å²) in [6.45, 7) is 0.905. The summed E-state index contributed by atoms with van der Waals surface area (Å²) in [6.07, 6.45) is 6.21. The molecule has 0 bridgehead atoms. The molecule has 0 amide bonds. The van der Waals surface area contributed by atoms with E-state index in [2.05, 4.69) is 56.0 Å². The lowest BCUT2D eigenvalue weighted by Crippen LogP contribution is -1.99. The molecule has 142 valence electrons. The van der Waals surface area contributed by atoms with Gasteiger partial charge in [0.05, 0.1) is 17.1 Å². The molecule has 0 atom stereocenters. The first-order valence-electron chi connectivity index (χ1n) is 9.38. The molecule has 0 aliphatic heterocycles. The number of nitrogens with zero attached hydrogens (tertiary/aromatic N) is 4. The van der Waals surface area contributed by atoms with Gasteiger partial charge in [-0.05, 0) is 42.3 Å². The molecule has 6 nitrogen and oxygen atoms in total. The van der Waals surface area contributed by atoms with Crippen LogP contribution in [0.15, 0.2) is 79.3 Å². The van der Waals surface area contributed by atoms with Crippen LogP contribution in [0, 0.1) is 0 Å². The van der Waals surface area contributed by atoms with Crippen molar-refractivity contribution in [1.82, 2.24) is 19.5 Å². The molecular weight excluding hydrogens is 364 g/mol. The number of pyridine rings is 1. The Kier molecular flexibility index (Phi) is 4.29. The monoisotopic (exact) mass is 382 g/mol. The van der Waals surface area contributed by atoms with Gasteiger partial charge in [-0.1, -0.05) is 30.3 Å². The molecule has 0 aliphatic carbocycles. The van der Waals surface area contributed by atoms with Crippen molar-refractivity contribution in [3.63, 3.8) is 0 Å². The zero-order valence-corrected chi connectivity index (χ0v) is 15.6. The Morgan fingerprint density at radius 3 is 2.76 bits per heavy atom. The van der Waals surface area contributed by atoms with Gasteiger partial charge in [-0.2, -0.15) is 9.97 Å². The maximum Gasteiger partial charge on any atom is 0.325 e. The summed E-state index contributed by atoms with van der Waals surface area (Å²) in [7, 11) is 0. The van der Waals surface area contributed by atoms with Crippen LogP contribution < -0.4 is 4.74 Å². The number of aromatic hydroxyl groups is 1. The van der Waals surface area contributed by atoms with Crippen LogP contribution >= 0.6 is 0 Å². The Hall–Kier alpha value is -3.93. The van der Waals surface area contributed by atoms with Crippen LogP contribution in [0.25, 0.3) is 21.8 Å². The van der Waals surface area contributed by atoms with Gasteiger partial charge in [-0.3, -0.25) is 4.98 Å². The Balaban J connectivity index is 1.38. The van der Waals surface area contributed by atoms with Crippen molar-refractivity contribution in [2.24, 2.45) is 0 Å². The van der Waals surface area contributed by atoms with Crippen molar-refractivity contribution in [1.29, 1.82) is 0 Å². The minimum absolute atomic E-state index is 0.0888. The molecule has 29 heavy (non-hydrogen) atoms. The number of ether oxygens (including phenoxy) is 1. The molecule has 0 spiro atoms. The van der Waals surface area contributed by atoms with Crippen molar-refractivity contribution >= 4 is 21.8 Å². The van der Waals surface area contributed by atoms with Crippen molar-refractivity contribution in [3.8, 4) is 17.6 Å². The summed E-state index contributed by atoms with van der Waals surface area (Å²) < 4.78 is 8.03. The van der Waals surface area contributed by atoms with E-state index in [1.165, 1.54) is 5.56 Å². The number of fused-ring (bicyclic) bond motifs is 2. The SMILES string of the molecule is Oc1nc(Oc2ccc3c(ccn3CCc3ccccc3)c2)nc2cnccc12. The van der Waals surface area contributed by atoms with E-state index in [0.717, 1.165) is 23.9 Å². The number of aromatic nitrogens is 4. The summed E-state index contributed by atoms with van der Waals surface area (Å²) in [5.41, 5.74) is 2.99. The lowest BCUT2D eigenvalue weighted by Gasteiger charge is -2.08. The lowest BCUT2D eigenvalue weighted by atomic mass is 10.1. The first kappa shape index (κ1) is 17.2. The normalized spacial score (nSPS) is 11.2. The molecule has 5 aromatic rings. The molecule has 2 aromatic carbocycles. The van der Waals surface area contributed by atoms with Gasteiger partial charge in [0.15, 0.2) is 0 Å². The molecule has 0 unspecified atom stereocenters. The average Bonchev–Trinajstić information content (AvgIpc) is 3.15. The van der Waals surface area contributed by atoms with Crippen molar-refractivity contribution in [2.75, 3.05) is 0 Å². The summed E-state index contributed by atoms with van der Waals surface area (Å²) in [5, 5.41) is 11.7. The lowest BCUT2D eigenvalue weighted by molar-refractivity contribution is 0.412. The van der Waals surface area contributed by atoms with Gasteiger partial charge in [0, 0.05) is 29.8 Å². The molecule has 0 fully saturated rings. The molecule has 0 saturated heterocycles. The molecule has 0 aliphatic rings. The highest BCUT2D eigenvalue weighted by molar-refractivity contribution is 5.83. The largest absolute Gasteiger partial charge is 0.493 e. The zero-order chi connectivity index (χ0) is 19.6. The molecule has 1 N–H and O–H groups in total. The van der Waals surface area contributed by atoms with E-state index in [1.54, 1.807) is 18.5 Å². The van der Waals surface area contributed by atoms with Crippen molar-refractivity contribution < 1.29 is 9.84 Å². The second kappa shape index (κ2) is 7.24. The third kappa shape index (κ3) is 3.48. The van der Waals surface area contributed by atoms with E-state index in [-0.39, 0.29) is 11.9 Å². The number of aryl methyl sites for hydroxylation is 2. The second-order valence-electron chi connectivity index (χ2n) is 6.79. The first-order chi connectivity index (χ1) is 14.3. The van der Waals surface area contributed by atoms with Gasteiger partial charge in [0.2, 0.25) is 5.88 Å². The minimum Gasteiger partial charge on any atom is -0.493 e.